The number of anilines is 2. The topological polar surface area (TPSA) is 50.4 Å². The first-order chi connectivity index (χ1) is 11.5. The molecule has 0 fully saturated rings. The molecule has 24 heavy (non-hydrogen) atoms. The number of halogens is 2. The molecule has 2 aromatic carbocycles. The number of carbonyl (C=O) groups excluding carboxylic acids is 1. The normalized spacial score (nSPS) is 11.7. The summed E-state index contributed by atoms with van der Waals surface area (Å²) < 4.78 is 5.76. The number of amides is 1. The van der Waals surface area contributed by atoms with Crippen LogP contribution in [-0.4, -0.2) is 18.6 Å². The predicted octanol–water partition coefficient (Wildman–Crippen LogP) is 5.22. The first-order valence-electron chi connectivity index (χ1n) is 7.73. The van der Waals surface area contributed by atoms with Crippen molar-refractivity contribution in [2.24, 2.45) is 0 Å². The van der Waals surface area contributed by atoms with Crippen molar-refractivity contribution in [1.29, 1.82) is 0 Å². The molecule has 128 valence electrons. The molecule has 0 bridgehead atoms. The number of nitrogens with one attached hydrogen (secondary N) is 2. The van der Waals surface area contributed by atoms with E-state index in [1.807, 2.05) is 31.2 Å². The molecule has 0 aliphatic carbocycles. The molecule has 0 saturated heterocycles. The van der Waals surface area contributed by atoms with Crippen LogP contribution >= 0.6 is 23.2 Å². The number of ether oxygens (including phenoxy) is 1. The van der Waals surface area contributed by atoms with Crippen LogP contribution in [0.5, 0.6) is 5.75 Å². The fourth-order valence-corrected chi connectivity index (χ4v) is 2.25. The lowest BCUT2D eigenvalue weighted by Crippen LogP contribution is -2.21. The molecule has 0 spiro atoms. The van der Waals surface area contributed by atoms with E-state index in [2.05, 4.69) is 17.6 Å². The van der Waals surface area contributed by atoms with Crippen molar-refractivity contribution < 1.29 is 9.53 Å². The Balaban J connectivity index is 1.89. The average molecular weight is 367 g/mol. The molecule has 2 N–H and O–H groups in total. The molecular weight excluding hydrogens is 347 g/mol. The van der Waals surface area contributed by atoms with E-state index in [0.29, 0.717) is 15.7 Å². The fraction of sp³-hybridized carbons (Fsp3) is 0.278. The van der Waals surface area contributed by atoms with Crippen LogP contribution in [0.25, 0.3) is 0 Å². The van der Waals surface area contributed by atoms with E-state index in [4.69, 9.17) is 27.9 Å². The molecule has 1 amide bonds. The maximum absolute atomic E-state index is 12.0. The van der Waals surface area contributed by atoms with Gasteiger partial charge in [-0.25, -0.2) is 0 Å². The van der Waals surface area contributed by atoms with Gasteiger partial charge < -0.3 is 15.4 Å². The molecule has 0 saturated carbocycles. The van der Waals surface area contributed by atoms with Crippen molar-refractivity contribution in [3.63, 3.8) is 0 Å². The molecule has 0 aromatic heterocycles. The minimum Gasteiger partial charge on any atom is -0.491 e. The summed E-state index contributed by atoms with van der Waals surface area (Å²) in [7, 11) is 0. The summed E-state index contributed by atoms with van der Waals surface area (Å²) in [5.74, 6) is 0.598. The van der Waals surface area contributed by atoms with Gasteiger partial charge in [0.1, 0.15) is 5.75 Å². The molecule has 0 heterocycles. The van der Waals surface area contributed by atoms with Crippen molar-refractivity contribution in [1.82, 2.24) is 0 Å². The molecular formula is C18H20Cl2N2O2. The van der Waals surface area contributed by atoms with Gasteiger partial charge in [0, 0.05) is 17.4 Å². The molecule has 2 aromatic rings. The van der Waals surface area contributed by atoms with Gasteiger partial charge in [-0.15, -0.1) is 0 Å². The average Bonchev–Trinajstić information content (AvgIpc) is 2.56. The third-order valence-electron chi connectivity index (χ3n) is 3.40. The van der Waals surface area contributed by atoms with E-state index in [-0.39, 0.29) is 18.6 Å². The summed E-state index contributed by atoms with van der Waals surface area (Å²) in [6.45, 7) is 4.22. The van der Waals surface area contributed by atoms with Crippen molar-refractivity contribution >= 4 is 40.5 Å². The molecule has 1 atom stereocenters. The third kappa shape index (κ3) is 5.62. The summed E-state index contributed by atoms with van der Waals surface area (Å²) in [5, 5.41) is 6.68. The Morgan fingerprint density at radius 3 is 2.62 bits per heavy atom. The molecule has 2 rings (SSSR count). The minimum absolute atomic E-state index is 0.132. The lowest BCUT2D eigenvalue weighted by Gasteiger charge is -2.14. The molecule has 6 heteroatoms. The van der Waals surface area contributed by atoms with E-state index >= 15 is 0 Å². The van der Waals surface area contributed by atoms with Gasteiger partial charge in [0.25, 0.3) is 0 Å². The Hall–Kier alpha value is -1.91. The van der Waals surface area contributed by atoms with E-state index in [0.717, 1.165) is 17.9 Å². The molecule has 1 unspecified atom stereocenters. The second kappa shape index (κ2) is 8.81. The first-order valence-corrected chi connectivity index (χ1v) is 8.49. The predicted molar refractivity (Wildman–Crippen MR) is 100 cm³/mol. The van der Waals surface area contributed by atoms with E-state index in [1.165, 1.54) is 0 Å². The zero-order valence-corrected chi connectivity index (χ0v) is 15.1. The lowest BCUT2D eigenvalue weighted by molar-refractivity contribution is -0.114. The van der Waals surface area contributed by atoms with Crippen LogP contribution in [0.2, 0.25) is 10.0 Å². The van der Waals surface area contributed by atoms with Gasteiger partial charge in [-0.05, 0) is 43.7 Å². The third-order valence-corrected chi connectivity index (χ3v) is 4.14. The van der Waals surface area contributed by atoms with Gasteiger partial charge in [-0.1, -0.05) is 36.2 Å². The van der Waals surface area contributed by atoms with Gasteiger partial charge in [0.05, 0.1) is 22.7 Å². The van der Waals surface area contributed by atoms with Gasteiger partial charge in [-0.3, -0.25) is 4.79 Å². The number of rotatable bonds is 7. The monoisotopic (exact) mass is 366 g/mol. The van der Waals surface area contributed by atoms with Gasteiger partial charge in [0.15, 0.2) is 0 Å². The van der Waals surface area contributed by atoms with Gasteiger partial charge in [0.2, 0.25) is 5.91 Å². The standard InChI is InChI=1S/C18H20Cl2N2O2/c1-3-12(2)24-15-6-4-5-13(9-15)21-11-18(23)22-14-7-8-16(19)17(20)10-14/h4-10,12,21H,3,11H2,1-2H3,(H,22,23). The second-order valence-electron chi connectivity index (χ2n) is 5.40. The van der Waals surface area contributed by atoms with Gasteiger partial charge in [-0.2, -0.15) is 0 Å². The SMILES string of the molecule is CCC(C)Oc1cccc(NCC(=O)Nc2ccc(Cl)c(Cl)c2)c1. The fourth-order valence-electron chi connectivity index (χ4n) is 1.96. The van der Waals surface area contributed by atoms with Crippen molar-refractivity contribution in [2.75, 3.05) is 17.2 Å². The minimum atomic E-state index is -0.179. The highest BCUT2D eigenvalue weighted by Crippen LogP contribution is 2.25. The van der Waals surface area contributed by atoms with E-state index in [1.54, 1.807) is 18.2 Å². The van der Waals surface area contributed by atoms with E-state index < -0.39 is 0 Å². The largest absolute Gasteiger partial charge is 0.491 e. The summed E-state index contributed by atoms with van der Waals surface area (Å²) >= 11 is 11.8. The summed E-state index contributed by atoms with van der Waals surface area (Å²) in [6, 6.07) is 12.5. The highest BCUT2D eigenvalue weighted by atomic mass is 35.5. The van der Waals surface area contributed by atoms with Crippen LogP contribution in [-0.2, 0) is 4.79 Å². The first kappa shape index (κ1) is 18.4. The number of hydrogen-bond acceptors (Lipinski definition) is 3. The van der Waals surface area contributed by atoms with Crippen LogP contribution < -0.4 is 15.4 Å². The van der Waals surface area contributed by atoms with Crippen LogP contribution in [0.1, 0.15) is 20.3 Å². The maximum atomic E-state index is 12.0. The Kier molecular flexibility index (Phi) is 6.76. The summed E-state index contributed by atoms with van der Waals surface area (Å²) in [6.07, 6.45) is 1.09. The van der Waals surface area contributed by atoms with Crippen molar-refractivity contribution in [2.45, 2.75) is 26.4 Å². The van der Waals surface area contributed by atoms with Crippen LogP contribution in [0.3, 0.4) is 0 Å². The molecule has 0 aliphatic rings. The summed E-state index contributed by atoms with van der Waals surface area (Å²) in [4.78, 5) is 12.0. The Bertz CT molecular complexity index is 707. The van der Waals surface area contributed by atoms with E-state index in [9.17, 15) is 4.79 Å². The zero-order chi connectivity index (χ0) is 17.5. The van der Waals surface area contributed by atoms with Crippen LogP contribution in [0.15, 0.2) is 42.5 Å². The number of carbonyl (C=O) groups is 1. The quantitative estimate of drug-likeness (QED) is 0.705. The van der Waals surface area contributed by atoms with Crippen LogP contribution in [0.4, 0.5) is 11.4 Å². The molecule has 4 nitrogen and oxygen atoms in total. The Labute approximate surface area is 152 Å². The highest BCUT2D eigenvalue weighted by molar-refractivity contribution is 6.42. The van der Waals surface area contributed by atoms with Crippen molar-refractivity contribution in [3.8, 4) is 5.75 Å². The maximum Gasteiger partial charge on any atom is 0.243 e. The van der Waals surface area contributed by atoms with Crippen LogP contribution in [0, 0.1) is 0 Å². The Morgan fingerprint density at radius 1 is 1.12 bits per heavy atom. The van der Waals surface area contributed by atoms with Crippen molar-refractivity contribution in [3.05, 3.63) is 52.5 Å². The second-order valence-corrected chi connectivity index (χ2v) is 6.21. The number of hydrogen-bond donors (Lipinski definition) is 2. The molecule has 0 aliphatic heterocycles. The lowest BCUT2D eigenvalue weighted by atomic mass is 10.2. The Morgan fingerprint density at radius 2 is 1.92 bits per heavy atom. The highest BCUT2D eigenvalue weighted by Gasteiger charge is 2.06. The smallest absolute Gasteiger partial charge is 0.243 e. The summed E-state index contributed by atoms with van der Waals surface area (Å²) in [5.41, 5.74) is 1.42. The molecule has 0 radical (unpaired) electrons. The number of benzene rings is 2. The van der Waals surface area contributed by atoms with Gasteiger partial charge >= 0.3 is 0 Å². The zero-order valence-electron chi connectivity index (χ0n) is 13.6.